The van der Waals surface area contributed by atoms with Gasteiger partial charge in [0, 0.05) is 39.3 Å². The number of nitrogens with one attached hydrogen (secondary N) is 1. The second-order valence-electron chi connectivity index (χ2n) is 8.53. The van der Waals surface area contributed by atoms with Crippen molar-refractivity contribution in [3.8, 4) is 0 Å². The van der Waals surface area contributed by atoms with Crippen molar-refractivity contribution >= 4 is 6.03 Å². The van der Waals surface area contributed by atoms with Gasteiger partial charge in [0.25, 0.3) is 6.43 Å². The van der Waals surface area contributed by atoms with Gasteiger partial charge in [-0.25, -0.2) is 13.6 Å². The maximum atomic E-state index is 13.6. The summed E-state index contributed by atoms with van der Waals surface area (Å²) < 4.78 is 32.7. The SMILES string of the molecule is COC1CCN([C@@H]2CCC[C@@H]2N(C)C(=O)NC(C(F)F)C2CCCCC2)C1. The molecule has 2 saturated carbocycles. The molecule has 1 N–H and O–H groups in total. The number of likely N-dealkylation sites (N-methyl/N-ethyl adjacent to an activating group) is 1. The second kappa shape index (κ2) is 9.50. The van der Waals surface area contributed by atoms with Crippen molar-refractivity contribution in [2.75, 3.05) is 27.2 Å². The number of hydrogen-bond acceptors (Lipinski definition) is 3. The molecule has 2 unspecified atom stereocenters. The zero-order valence-electron chi connectivity index (χ0n) is 16.7. The molecule has 1 saturated heterocycles. The van der Waals surface area contributed by atoms with Crippen LogP contribution in [0.3, 0.4) is 0 Å². The molecule has 156 valence electrons. The van der Waals surface area contributed by atoms with E-state index >= 15 is 0 Å². The standard InChI is InChI=1S/C20H35F2N3O2/c1-24(16-9-6-10-17(16)25-12-11-15(13-25)27-2)20(26)23-18(19(21)22)14-7-4-3-5-8-14/h14-19H,3-13H2,1-2H3,(H,23,26)/t15?,16-,17+,18?/m0/s1. The molecule has 0 aromatic carbocycles. The van der Waals surface area contributed by atoms with Crippen LogP contribution in [0, 0.1) is 5.92 Å². The molecule has 3 aliphatic rings. The van der Waals surface area contributed by atoms with Crippen LogP contribution in [0.25, 0.3) is 0 Å². The van der Waals surface area contributed by atoms with Crippen LogP contribution in [0.4, 0.5) is 13.6 Å². The van der Waals surface area contributed by atoms with Crippen molar-refractivity contribution in [3.05, 3.63) is 0 Å². The van der Waals surface area contributed by atoms with E-state index in [-0.39, 0.29) is 24.1 Å². The molecule has 1 aliphatic heterocycles. The summed E-state index contributed by atoms with van der Waals surface area (Å²) in [5.74, 6) is -0.100. The van der Waals surface area contributed by atoms with Crippen molar-refractivity contribution in [2.45, 2.75) is 88.4 Å². The van der Waals surface area contributed by atoms with E-state index in [0.29, 0.717) is 6.04 Å². The number of urea groups is 1. The lowest BCUT2D eigenvalue weighted by molar-refractivity contribution is 0.0550. The first-order valence-electron chi connectivity index (χ1n) is 10.6. The van der Waals surface area contributed by atoms with Crippen LogP contribution < -0.4 is 5.32 Å². The molecule has 1 heterocycles. The Morgan fingerprint density at radius 3 is 2.48 bits per heavy atom. The molecule has 7 heteroatoms. The number of carbonyl (C=O) groups is 1. The first-order valence-corrected chi connectivity index (χ1v) is 10.6. The van der Waals surface area contributed by atoms with E-state index < -0.39 is 12.5 Å². The van der Waals surface area contributed by atoms with E-state index in [1.165, 1.54) is 0 Å². The topological polar surface area (TPSA) is 44.8 Å². The Kier molecular flexibility index (Phi) is 7.31. The third kappa shape index (κ3) is 4.91. The van der Waals surface area contributed by atoms with Crippen molar-refractivity contribution in [2.24, 2.45) is 5.92 Å². The van der Waals surface area contributed by atoms with E-state index in [0.717, 1.165) is 70.9 Å². The minimum absolute atomic E-state index is 0.0882. The summed E-state index contributed by atoms with van der Waals surface area (Å²) in [6.07, 6.45) is 6.50. The van der Waals surface area contributed by atoms with Crippen molar-refractivity contribution < 1.29 is 18.3 Å². The van der Waals surface area contributed by atoms with Gasteiger partial charge in [0.05, 0.1) is 12.1 Å². The number of likely N-dealkylation sites (tertiary alicyclic amines) is 1. The Morgan fingerprint density at radius 2 is 1.85 bits per heavy atom. The maximum absolute atomic E-state index is 13.6. The summed E-state index contributed by atoms with van der Waals surface area (Å²) in [5.41, 5.74) is 0. The number of alkyl halides is 2. The highest BCUT2D eigenvalue weighted by atomic mass is 19.3. The van der Waals surface area contributed by atoms with Gasteiger partial charge in [0.2, 0.25) is 0 Å². The van der Waals surface area contributed by atoms with Crippen LogP contribution in [0.1, 0.15) is 57.8 Å². The number of halogens is 2. The van der Waals surface area contributed by atoms with Crippen molar-refractivity contribution in [1.29, 1.82) is 0 Å². The largest absolute Gasteiger partial charge is 0.380 e. The van der Waals surface area contributed by atoms with Gasteiger partial charge >= 0.3 is 6.03 Å². The molecule has 5 nitrogen and oxygen atoms in total. The number of rotatable bonds is 6. The van der Waals surface area contributed by atoms with Gasteiger partial charge in [0.1, 0.15) is 0 Å². The molecule has 2 aliphatic carbocycles. The first-order chi connectivity index (χ1) is 13.0. The molecule has 3 rings (SSSR count). The molecule has 27 heavy (non-hydrogen) atoms. The molecular formula is C20H35F2N3O2. The van der Waals surface area contributed by atoms with E-state index in [1.807, 2.05) is 0 Å². The van der Waals surface area contributed by atoms with Crippen LogP contribution in [0.2, 0.25) is 0 Å². The van der Waals surface area contributed by atoms with Gasteiger partial charge in [-0.15, -0.1) is 0 Å². The van der Waals surface area contributed by atoms with Crippen LogP contribution >= 0.6 is 0 Å². The van der Waals surface area contributed by atoms with E-state index in [1.54, 1.807) is 19.1 Å². The van der Waals surface area contributed by atoms with Gasteiger partial charge in [-0.3, -0.25) is 4.90 Å². The Hall–Kier alpha value is -0.950. The Labute approximate surface area is 161 Å². The second-order valence-corrected chi connectivity index (χ2v) is 8.53. The molecule has 4 atom stereocenters. The average Bonchev–Trinajstić information content (AvgIpc) is 3.34. The van der Waals surface area contributed by atoms with Crippen LogP contribution in [0.5, 0.6) is 0 Å². The summed E-state index contributed by atoms with van der Waals surface area (Å²) in [5, 5.41) is 2.69. The number of ether oxygens (including phenoxy) is 1. The lowest BCUT2D eigenvalue weighted by Crippen LogP contribution is -2.55. The number of nitrogens with zero attached hydrogens (tertiary/aromatic N) is 2. The van der Waals surface area contributed by atoms with Crippen LogP contribution in [-0.4, -0.2) is 73.7 Å². The molecule has 0 aromatic rings. The predicted molar refractivity (Wildman–Crippen MR) is 101 cm³/mol. The Morgan fingerprint density at radius 1 is 1.11 bits per heavy atom. The van der Waals surface area contributed by atoms with Gasteiger partial charge in [-0.2, -0.15) is 0 Å². The van der Waals surface area contributed by atoms with E-state index in [4.69, 9.17) is 4.74 Å². The monoisotopic (exact) mass is 387 g/mol. The zero-order chi connectivity index (χ0) is 19.4. The highest BCUT2D eigenvalue weighted by Crippen LogP contribution is 2.32. The fraction of sp³-hybridized carbons (Fsp3) is 0.950. The highest BCUT2D eigenvalue weighted by molar-refractivity contribution is 5.74. The van der Waals surface area contributed by atoms with Gasteiger partial charge in [-0.1, -0.05) is 19.3 Å². The summed E-state index contributed by atoms with van der Waals surface area (Å²) in [7, 11) is 3.52. The lowest BCUT2D eigenvalue weighted by atomic mass is 9.84. The maximum Gasteiger partial charge on any atom is 0.317 e. The number of hydrogen-bond donors (Lipinski definition) is 1. The summed E-state index contributed by atoms with van der Waals surface area (Å²) in [6.45, 7) is 1.88. The molecule has 0 radical (unpaired) electrons. The van der Waals surface area contributed by atoms with Gasteiger partial charge in [-0.05, 0) is 44.4 Å². The molecule has 0 aromatic heterocycles. The normalized spacial score (nSPS) is 31.4. The smallest absolute Gasteiger partial charge is 0.317 e. The molecule has 2 amide bonds. The minimum Gasteiger partial charge on any atom is -0.380 e. The Bertz CT molecular complexity index is 488. The molecular weight excluding hydrogens is 352 g/mol. The zero-order valence-corrected chi connectivity index (χ0v) is 16.7. The predicted octanol–water partition coefficient (Wildman–Crippen LogP) is 3.48. The number of carbonyl (C=O) groups excluding carboxylic acids is 1. The number of amides is 2. The molecule has 0 bridgehead atoms. The third-order valence-electron chi connectivity index (χ3n) is 6.96. The summed E-state index contributed by atoms with van der Waals surface area (Å²) in [4.78, 5) is 16.9. The van der Waals surface area contributed by atoms with Crippen molar-refractivity contribution in [1.82, 2.24) is 15.1 Å². The van der Waals surface area contributed by atoms with Gasteiger partial charge in [0.15, 0.2) is 0 Å². The molecule has 3 fully saturated rings. The van der Waals surface area contributed by atoms with Crippen molar-refractivity contribution in [3.63, 3.8) is 0 Å². The van der Waals surface area contributed by atoms with E-state index in [9.17, 15) is 13.6 Å². The minimum atomic E-state index is -2.51. The first kappa shape index (κ1) is 20.8. The molecule has 0 spiro atoms. The quantitative estimate of drug-likeness (QED) is 0.759. The lowest BCUT2D eigenvalue weighted by Gasteiger charge is -2.37. The van der Waals surface area contributed by atoms with E-state index in [2.05, 4.69) is 10.2 Å². The number of methoxy groups -OCH3 is 1. The average molecular weight is 388 g/mol. The fourth-order valence-electron chi connectivity index (χ4n) is 5.32. The summed E-state index contributed by atoms with van der Waals surface area (Å²) in [6, 6.07) is -0.971. The van der Waals surface area contributed by atoms with Crippen LogP contribution in [0.15, 0.2) is 0 Å². The highest BCUT2D eigenvalue weighted by Gasteiger charge is 2.40. The summed E-state index contributed by atoms with van der Waals surface area (Å²) >= 11 is 0. The third-order valence-corrected chi connectivity index (χ3v) is 6.96. The Balaban J connectivity index is 1.59. The fourth-order valence-corrected chi connectivity index (χ4v) is 5.32. The van der Waals surface area contributed by atoms with Crippen LogP contribution in [-0.2, 0) is 4.74 Å². The van der Waals surface area contributed by atoms with Gasteiger partial charge < -0.3 is 15.0 Å².